The third-order valence-corrected chi connectivity index (χ3v) is 5.41. The second-order valence-corrected chi connectivity index (χ2v) is 7.93. The maximum Gasteiger partial charge on any atom is 0.414 e. The molecule has 1 fully saturated rings. The van der Waals surface area contributed by atoms with Crippen molar-refractivity contribution in [3.63, 3.8) is 0 Å². The van der Waals surface area contributed by atoms with E-state index in [1.165, 1.54) is 56.4 Å². The number of benzene rings is 2. The second-order valence-electron chi connectivity index (χ2n) is 7.93. The average Bonchev–Trinajstić information content (AvgIpc) is 2.79. The summed E-state index contributed by atoms with van der Waals surface area (Å²) in [6.07, 6.45) is 6.45. The van der Waals surface area contributed by atoms with Gasteiger partial charge in [0.2, 0.25) is 0 Å². The van der Waals surface area contributed by atoms with Gasteiger partial charge in [0.15, 0.2) is 0 Å². The molecular weight excluding hydrogens is 394 g/mol. The first-order chi connectivity index (χ1) is 15.0. The van der Waals surface area contributed by atoms with Crippen LogP contribution < -0.4 is 4.74 Å². The van der Waals surface area contributed by atoms with E-state index in [4.69, 9.17) is 24.5 Å². The van der Waals surface area contributed by atoms with Crippen LogP contribution in [-0.2, 0) is 9.59 Å². The molecule has 0 aliphatic carbocycles. The molecule has 1 aliphatic rings. The molecule has 168 valence electrons. The van der Waals surface area contributed by atoms with E-state index >= 15 is 0 Å². The fraction of sp³-hybridized carbons (Fsp3) is 0.440. The molecule has 31 heavy (non-hydrogen) atoms. The van der Waals surface area contributed by atoms with Gasteiger partial charge in [0.05, 0.1) is 6.61 Å². The number of carboxylic acids is 2. The first-order valence-corrected chi connectivity index (χ1v) is 10.9. The monoisotopic (exact) mass is 427 g/mol. The standard InChI is InChI=1S/C23H31NO.C2H2O4/c1-20-14-17-24(18-15-20)16-6-3-7-19-25-23-12-10-22(11-13-23)21-8-4-2-5-9-21;3-1(4)2(5)6/h2,4-5,8-13,20H,3,6-7,14-19H2,1H3;(H,3,4)(H,5,6). The Balaban J connectivity index is 0.000000501. The van der Waals surface area contributed by atoms with Gasteiger partial charge in [-0.1, -0.05) is 49.4 Å². The molecule has 2 N–H and O–H groups in total. The Labute approximate surface area is 184 Å². The van der Waals surface area contributed by atoms with Crippen LogP contribution in [0.5, 0.6) is 5.75 Å². The van der Waals surface area contributed by atoms with E-state index in [9.17, 15) is 0 Å². The molecule has 1 aliphatic heterocycles. The Morgan fingerprint density at radius 3 is 2.03 bits per heavy atom. The van der Waals surface area contributed by atoms with Crippen LogP contribution in [0, 0.1) is 5.92 Å². The molecule has 0 amide bonds. The number of unbranched alkanes of at least 4 members (excludes halogenated alkanes) is 2. The van der Waals surface area contributed by atoms with Gasteiger partial charge < -0.3 is 19.8 Å². The molecule has 3 rings (SSSR count). The smallest absolute Gasteiger partial charge is 0.414 e. The van der Waals surface area contributed by atoms with Gasteiger partial charge in [0, 0.05) is 0 Å². The molecule has 1 heterocycles. The average molecular weight is 428 g/mol. The van der Waals surface area contributed by atoms with Crippen molar-refractivity contribution in [3.05, 3.63) is 54.6 Å². The van der Waals surface area contributed by atoms with Crippen molar-refractivity contribution < 1.29 is 24.5 Å². The number of rotatable bonds is 8. The largest absolute Gasteiger partial charge is 0.494 e. The molecular formula is C25H33NO5. The van der Waals surface area contributed by atoms with Crippen LogP contribution in [-0.4, -0.2) is 53.3 Å². The van der Waals surface area contributed by atoms with E-state index in [0.717, 1.165) is 24.7 Å². The topological polar surface area (TPSA) is 87.1 Å². The summed E-state index contributed by atoms with van der Waals surface area (Å²) in [5.41, 5.74) is 2.49. The van der Waals surface area contributed by atoms with E-state index in [-0.39, 0.29) is 0 Å². The molecule has 0 radical (unpaired) electrons. The predicted octanol–water partition coefficient (Wildman–Crippen LogP) is 4.79. The van der Waals surface area contributed by atoms with E-state index < -0.39 is 11.9 Å². The van der Waals surface area contributed by atoms with Gasteiger partial charge in [-0.2, -0.15) is 0 Å². The number of piperidine rings is 1. The molecule has 2 aromatic carbocycles. The van der Waals surface area contributed by atoms with Gasteiger partial charge in [0.25, 0.3) is 0 Å². The van der Waals surface area contributed by atoms with Crippen LogP contribution in [0.4, 0.5) is 0 Å². The van der Waals surface area contributed by atoms with Crippen LogP contribution in [0.1, 0.15) is 39.0 Å². The Morgan fingerprint density at radius 1 is 0.871 bits per heavy atom. The quantitative estimate of drug-likeness (QED) is 0.465. The summed E-state index contributed by atoms with van der Waals surface area (Å²) in [5.74, 6) is -1.74. The van der Waals surface area contributed by atoms with Crippen molar-refractivity contribution in [3.8, 4) is 16.9 Å². The molecule has 0 atom stereocenters. The molecule has 0 bridgehead atoms. The second kappa shape index (κ2) is 13.4. The highest BCUT2D eigenvalue weighted by Crippen LogP contribution is 2.22. The van der Waals surface area contributed by atoms with Gasteiger partial charge in [-0.3, -0.25) is 0 Å². The third-order valence-electron chi connectivity index (χ3n) is 5.41. The van der Waals surface area contributed by atoms with Crippen molar-refractivity contribution in [2.75, 3.05) is 26.2 Å². The first-order valence-electron chi connectivity index (χ1n) is 10.9. The van der Waals surface area contributed by atoms with Crippen molar-refractivity contribution in [1.29, 1.82) is 0 Å². The van der Waals surface area contributed by atoms with E-state index in [0.29, 0.717) is 0 Å². The molecule has 0 unspecified atom stereocenters. The highest BCUT2D eigenvalue weighted by molar-refractivity contribution is 6.27. The zero-order valence-corrected chi connectivity index (χ0v) is 18.2. The summed E-state index contributed by atoms with van der Waals surface area (Å²) in [6, 6.07) is 18.9. The molecule has 2 aromatic rings. The number of carbonyl (C=O) groups is 2. The van der Waals surface area contributed by atoms with Crippen LogP contribution in [0.25, 0.3) is 11.1 Å². The molecule has 0 aromatic heterocycles. The maximum atomic E-state index is 9.10. The maximum absolute atomic E-state index is 9.10. The van der Waals surface area contributed by atoms with E-state index in [2.05, 4.69) is 60.4 Å². The van der Waals surface area contributed by atoms with E-state index in [1.54, 1.807) is 0 Å². The number of ether oxygens (including phenoxy) is 1. The summed E-state index contributed by atoms with van der Waals surface area (Å²) in [4.78, 5) is 20.8. The van der Waals surface area contributed by atoms with Crippen LogP contribution in [0.2, 0.25) is 0 Å². The number of aliphatic carboxylic acids is 2. The van der Waals surface area contributed by atoms with Crippen molar-refractivity contribution in [2.24, 2.45) is 5.92 Å². The van der Waals surface area contributed by atoms with Crippen LogP contribution in [0.3, 0.4) is 0 Å². The van der Waals surface area contributed by atoms with Gasteiger partial charge in [-0.05, 0) is 80.9 Å². The highest BCUT2D eigenvalue weighted by atomic mass is 16.5. The minimum absolute atomic E-state index is 0.821. The van der Waals surface area contributed by atoms with Crippen molar-refractivity contribution in [2.45, 2.75) is 39.0 Å². The van der Waals surface area contributed by atoms with Gasteiger partial charge >= 0.3 is 11.9 Å². The highest BCUT2D eigenvalue weighted by Gasteiger charge is 2.14. The van der Waals surface area contributed by atoms with Crippen molar-refractivity contribution >= 4 is 11.9 Å². The Bertz CT molecular complexity index is 771. The molecule has 6 nitrogen and oxygen atoms in total. The minimum atomic E-state index is -1.82. The number of carboxylic acid groups (broad SMARTS) is 2. The van der Waals surface area contributed by atoms with Crippen LogP contribution >= 0.6 is 0 Å². The summed E-state index contributed by atoms with van der Waals surface area (Å²) < 4.78 is 5.89. The number of hydrogen-bond acceptors (Lipinski definition) is 4. The first kappa shape index (κ1) is 24.4. The summed E-state index contributed by atoms with van der Waals surface area (Å²) in [5, 5.41) is 14.8. The Morgan fingerprint density at radius 2 is 1.45 bits per heavy atom. The van der Waals surface area contributed by atoms with Gasteiger partial charge in [0.1, 0.15) is 5.75 Å². The lowest BCUT2D eigenvalue weighted by Gasteiger charge is -2.30. The van der Waals surface area contributed by atoms with Crippen molar-refractivity contribution in [1.82, 2.24) is 4.90 Å². The minimum Gasteiger partial charge on any atom is -0.494 e. The SMILES string of the molecule is CC1CCN(CCCCCOc2ccc(-c3ccccc3)cc2)CC1.O=C(O)C(=O)O. The fourth-order valence-electron chi connectivity index (χ4n) is 3.46. The number of hydrogen-bond donors (Lipinski definition) is 2. The molecule has 1 saturated heterocycles. The number of nitrogens with zero attached hydrogens (tertiary/aromatic N) is 1. The summed E-state index contributed by atoms with van der Waals surface area (Å²) in [6.45, 7) is 7.05. The molecule has 0 spiro atoms. The zero-order chi connectivity index (χ0) is 22.5. The zero-order valence-electron chi connectivity index (χ0n) is 18.2. The Hall–Kier alpha value is -2.86. The van der Waals surface area contributed by atoms with Gasteiger partial charge in [-0.15, -0.1) is 0 Å². The molecule has 6 heteroatoms. The lowest BCUT2D eigenvalue weighted by molar-refractivity contribution is -0.159. The third kappa shape index (κ3) is 9.66. The lowest BCUT2D eigenvalue weighted by atomic mass is 9.99. The van der Waals surface area contributed by atoms with E-state index in [1.807, 2.05) is 6.07 Å². The van der Waals surface area contributed by atoms with Crippen LogP contribution in [0.15, 0.2) is 54.6 Å². The summed E-state index contributed by atoms with van der Waals surface area (Å²) in [7, 11) is 0. The molecule has 0 saturated carbocycles. The van der Waals surface area contributed by atoms with Gasteiger partial charge in [-0.25, -0.2) is 9.59 Å². The Kier molecular flexibility index (Phi) is 10.6. The normalized spacial score (nSPS) is 14.4. The predicted molar refractivity (Wildman–Crippen MR) is 121 cm³/mol. The summed E-state index contributed by atoms with van der Waals surface area (Å²) >= 11 is 0. The lowest BCUT2D eigenvalue weighted by Crippen LogP contribution is -2.33. The number of likely N-dealkylation sites (tertiary alicyclic amines) is 1. The fourth-order valence-corrected chi connectivity index (χ4v) is 3.46.